The SMILES string of the molecule is C[C@H]1CN(C(=O)OC(C)(C)C)CCN1CCOc1ccc(-c2nc3c(OC4(C)CC4)ncnc3n2Cc2ccccc2)c(Cl)c1. The van der Waals surface area contributed by atoms with Crippen LogP contribution in [0.2, 0.25) is 5.02 Å². The number of imidazole rings is 1. The van der Waals surface area contributed by atoms with Gasteiger partial charge in [-0.05, 0) is 71.2 Å². The van der Waals surface area contributed by atoms with Crippen LogP contribution in [0.3, 0.4) is 0 Å². The van der Waals surface area contributed by atoms with Crippen LogP contribution < -0.4 is 9.47 Å². The Labute approximate surface area is 269 Å². The van der Waals surface area contributed by atoms with E-state index in [2.05, 4.69) is 45.4 Å². The predicted molar refractivity (Wildman–Crippen MR) is 174 cm³/mol. The second-order valence-corrected chi connectivity index (χ2v) is 13.6. The lowest BCUT2D eigenvalue weighted by Crippen LogP contribution is -2.55. The van der Waals surface area contributed by atoms with Crippen molar-refractivity contribution in [3.63, 3.8) is 0 Å². The summed E-state index contributed by atoms with van der Waals surface area (Å²) in [5.74, 6) is 1.86. The first-order valence-electron chi connectivity index (χ1n) is 15.6. The molecule has 2 fully saturated rings. The molecule has 2 aliphatic rings. The molecule has 0 radical (unpaired) electrons. The first-order valence-corrected chi connectivity index (χ1v) is 15.9. The van der Waals surface area contributed by atoms with E-state index in [9.17, 15) is 4.79 Å². The normalized spacial score (nSPS) is 18.2. The van der Waals surface area contributed by atoms with Gasteiger partial charge in [-0.3, -0.25) is 4.90 Å². The summed E-state index contributed by atoms with van der Waals surface area (Å²) in [6.45, 7) is 13.7. The molecule has 6 rings (SSSR count). The van der Waals surface area contributed by atoms with E-state index in [0.717, 1.165) is 37.1 Å². The van der Waals surface area contributed by atoms with Gasteiger partial charge in [-0.1, -0.05) is 41.9 Å². The zero-order valence-electron chi connectivity index (χ0n) is 26.6. The zero-order chi connectivity index (χ0) is 31.8. The molecule has 10 nitrogen and oxygen atoms in total. The number of carbonyl (C=O) groups excluding carboxylic acids is 1. The van der Waals surface area contributed by atoms with Crippen molar-refractivity contribution in [2.24, 2.45) is 0 Å². The highest BCUT2D eigenvalue weighted by Gasteiger charge is 2.41. The van der Waals surface area contributed by atoms with Crippen LogP contribution >= 0.6 is 11.6 Å². The second kappa shape index (κ2) is 12.5. The lowest BCUT2D eigenvalue weighted by Gasteiger charge is -2.40. The molecular formula is C34H41ClN6O4. The number of aromatic nitrogens is 4. The minimum Gasteiger partial charge on any atom is -0.492 e. The number of carbonyl (C=O) groups is 1. The molecule has 1 aliphatic carbocycles. The lowest BCUT2D eigenvalue weighted by molar-refractivity contribution is 0.00430. The van der Waals surface area contributed by atoms with Gasteiger partial charge in [0, 0.05) is 37.8 Å². The highest BCUT2D eigenvalue weighted by Crippen LogP contribution is 2.41. The fourth-order valence-corrected chi connectivity index (χ4v) is 5.75. The smallest absolute Gasteiger partial charge is 0.410 e. The summed E-state index contributed by atoms with van der Waals surface area (Å²) >= 11 is 6.90. The highest BCUT2D eigenvalue weighted by atomic mass is 35.5. The van der Waals surface area contributed by atoms with Gasteiger partial charge in [-0.2, -0.15) is 4.98 Å². The molecule has 4 aromatic rings. The number of amides is 1. The molecule has 3 heterocycles. The summed E-state index contributed by atoms with van der Waals surface area (Å²) in [5, 5.41) is 0.529. The van der Waals surface area contributed by atoms with Gasteiger partial charge in [0.15, 0.2) is 11.2 Å². The van der Waals surface area contributed by atoms with Gasteiger partial charge in [0.25, 0.3) is 0 Å². The summed E-state index contributed by atoms with van der Waals surface area (Å²) in [4.78, 5) is 30.6. The third-order valence-electron chi connectivity index (χ3n) is 8.22. The Morgan fingerprint density at radius 2 is 1.87 bits per heavy atom. The third kappa shape index (κ3) is 7.34. The van der Waals surface area contributed by atoms with E-state index in [1.54, 1.807) is 4.90 Å². The summed E-state index contributed by atoms with van der Waals surface area (Å²) in [6, 6.07) is 16.1. The second-order valence-electron chi connectivity index (χ2n) is 13.2. The van der Waals surface area contributed by atoms with Crippen LogP contribution in [0.25, 0.3) is 22.6 Å². The minimum atomic E-state index is -0.503. The average Bonchev–Trinajstić information content (AvgIpc) is 3.61. The van der Waals surface area contributed by atoms with Crippen molar-refractivity contribution >= 4 is 28.9 Å². The molecular weight excluding hydrogens is 592 g/mol. The summed E-state index contributed by atoms with van der Waals surface area (Å²) in [6.07, 6.45) is 3.26. The molecule has 0 spiro atoms. The number of rotatable bonds is 9. The van der Waals surface area contributed by atoms with Crippen molar-refractivity contribution in [1.82, 2.24) is 29.3 Å². The number of piperazine rings is 1. The van der Waals surface area contributed by atoms with Crippen molar-refractivity contribution in [3.8, 4) is 23.0 Å². The van der Waals surface area contributed by atoms with Crippen LogP contribution in [-0.2, 0) is 11.3 Å². The predicted octanol–water partition coefficient (Wildman–Crippen LogP) is 6.45. The van der Waals surface area contributed by atoms with Crippen molar-refractivity contribution in [2.45, 2.75) is 71.2 Å². The fourth-order valence-electron chi connectivity index (χ4n) is 5.49. The molecule has 1 atom stereocenters. The van der Waals surface area contributed by atoms with E-state index in [0.29, 0.717) is 59.9 Å². The van der Waals surface area contributed by atoms with E-state index < -0.39 is 5.60 Å². The number of fused-ring (bicyclic) bond motifs is 1. The van der Waals surface area contributed by atoms with Crippen molar-refractivity contribution < 1.29 is 19.0 Å². The lowest BCUT2D eigenvalue weighted by atomic mass is 10.2. The van der Waals surface area contributed by atoms with E-state index in [-0.39, 0.29) is 17.7 Å². The number of halogens is 1. The Morgan fingerprint density at radius 3 is 2.56 bits per heavy atom. The Morgan fingerprint density at radius 1 is 1.09 bits per heavy atom. The van der Waals surface area contributed by atoms with Gasteiger partial charge < -0.3 is 23.7 Å². The summed E-state index contributed by atoms with van der Waals surface area (Å²) in [5.41, 5.74) is 2.50. The molecule has 2 aromatic heterocycles. The van der Waals surface area contributed by atoms with Crippen molar-refractivity contribution in [3.05, 3.63) is 65.4 Å². The molecule has 11 heteroatoms. The van der Waals surface area contributed by atoms with Crippen LogP contribution in [0, 0.1) is 0 Å². The number of benzene rings is 2. The topological polar surface area (TPSA) is 94.8 Å². The van der Waals surface area contributed by atoms with Crippen molar-refractivity contribution in [2.75, 3.05) is 32.8 Å². The monoisotopic (exact) mass is 632 g/mol. The number of hydrogen-bond donors (Lipinski definition) is 0. The van der Waals surface area contributed by atoms with E-state index in [4.69, 9.17) is 30.8 Å². The molecule has 0 unspecified atom stereocenters. The quantitative estimate of drug-likeness (QED) is 0.208. The Bertz CT molecular complexity index is 1670. The van der Waals surface area contributed by atoms with Gasteiger partial charge in [-0.25, -0.2) is 14.8 Å². The van der Waals surface area contributed by atoms with Crippen LogP contribution in [0.1, 0.15) is 53.0 Å². The fraction of sp³-hybridized carbons (Fsp3) is 0.471. The highest BCUT2D eigenvalue weighted by molar-refractivity contribution is 6.33. The number of hydrogen-bond acceptors (Lipinski definition) is 8. The van der Waals surface area contributed by atoms with Gasteiger partial charge in [0.2, 0.25) is 5.88 Å². The van der Waals surface area contributed by atoms with Gasteiger partial charge in [0.05, 0.1) is 11.6 Å². The molecule has 1 saturated carbocycles. The Hall–Kier alpha value is -3.89. The van der Waals surface area contributed by atoms with Crippen LogP contribution in [-0.4, -0.2) is 85.4 Å². The molecule has 1 aliphatic heterocycles. The first kappa shape index (κ1) is 31.1. The first-order chi connectivity index (χ1) is 21.5. The van der Waals surface area contributed by atoms with Gasteiger partial charge in [-0.15, -0.1) is 0 Å². The maximum Gasteiger partial charge on any atom is 0.410 e. The zero-order valence-corrected chi connectivity index (χ0v) is 27.4. The van der Waals surface area contributed by atoms with E-state index in [1.165, 1.54) is 6.33 Å². The van der Waals surface area contributed by atoms with Gasteiger partial charge >= 0.3 is 6.09 Å². The molecule has 1 saturated heterocycles. The molecule has 2 aromatic carbocycles. The van der Waals surface area contributed by atoms with Crippen LogP contribution in [0.5, 0.6) is 11.6 Å². The molecule has 0 bridgehead atoms. The molecule has 0 N–H and O–H groups in total. The van der Waals surface area contributed by atoms with E-state index in [1.807, 2.05) is 57.2 Å². The maximum absolute atomic E-state index is 12.5. The molecule has 45 heavy (non-hydrogen) atoms. The van der Waals surface area contributed by atoms with Crippen LogP contribution in [0.15, 0.2) is 54.9 Å². The van der Waals surface area contributed by atoms with Crippen molar-refractivity contribution in [1.29, 1.82) is 0 Å². The third-order valence-corrected chi connectivity index (χ3v) is 8.54. The Kier molecular flexibility index (Phi) is 8.63. The standard InChI is InChI=1S/C34H41ClN6O4/c1-23-20-40(32(42)45-33(2,3)4)16-15-39(23)17-18-43-25-11-12-26(27(35)19-25)29-38-28-30(41(29)21-24-9-7-6-8-10-24)36-22-37-31(28)44-34(5)13-14-34/h6-12,19,22-23H,13-18,20-21H2,1-5H3/t23-/m0/s1. The summed E-state index contributed by atoms with van der Waals surface area (Å²) in [7, 11) is 0. The minimum absolute atomic E-state index is 0.193. The number of ether oxygens (including phenoxy) is 3. The van der Waals surface area contributed by atoms with E-state index >= 15 is 0 Å². The number of nitrogens with zero attached hydrogens (tertiary/aromatic N) is 6. The maximum atomic E-state index is 12.5. The largest absolute Gasteiger partial charge is 0.492 e. The molecule has 1 amide bonds. The Balaban J connectivity index is 1.16. The molecule has 238 valence electrons. The van der Waals surface area contributed by atoms with Crippen LogP contribution in [0.4, 0.5) is 4.79 Å². The summed E-state index contributed by atoms with van der Waals surface area (Å²) < 4.78 is 20.0. The average molecular weight is 633 g/mol. The van der Waals surface area contributed by atoms with Gasteiger partial charge in [0.1, 0.15) is 35.7 Å².